The minimum atomic E-state index is 0.194. The molecule has 0 spiro atoms. The van der Waals surface area contributed by atoms with Crippen LogP contribution in [0.4, 0.5) is 0 Å². The summed E-state index contributed by atoms with van der Waals surface area (Å²) in [7, 11) is 2.14. The van der Waals surface area contributed by atoms with Gasteiger partial charge in [0, 0.05) is 13.1 Å². The molecule has 4 heteroatoms. The fourth-order valence-corrected chi connectivity index (χ4v) is 3.69. The first-order valence-corrected chi connectivity index (χ1v) is 7.42. The van der Waals surface area contributed by atoms with Crippen molar-refractivity contribution in [3.05, 3.63) is 12.7 Å². The van der Waals surface area contributed by atoms with Crippen LogP contribution in [0, 0.1) is 11.8 Å². The van der Waals surface area contributed by atoms with Gasteiger partial charge in [0.05, 0.1) is 12.6 Å². The molecule has 2 unspecified atom stereocenters. The SMILES string of the molecule is C=CCON(C=O)[C@H]1CN(C)CC2CCCCCC21. The molecule has 0 aromatic carbocycles. The lowest BCUT2D eigenvalue weighted by atomic mass is 9.79. The van der Waals surface area contributed by atoms with Crippen molar-refractivity contribution in [2.45, 2.75) is 38.1 Å². The van der Waals surface area contributed by atoms with Crippen LogP contribution < -0.4 is 0 Å². The molecule has 0 aromatic rings. The summed E-state index contributed by atoms with van der Waals surface area (Å²) in [4.78, 5) is 19.2. The zero-order valence-corrected chi connectivity index (χ0v) is 12.0. The molecule has 1 aliphatic heterocycles. The monoisotopic (exact) mass is 266 g/mol. The number of fused-ring (bicyclic) bond motifs is 1. The van der Waals surface area contributed by atoms with Crippen molar-refractivity contribution in [3.8, 4) is 0 Å². The second-order valence-corrected chi connectivity index (χ2v) is 5.90. The maximum atomic E-state index is 11.3. The summed E-state index contributed by atoms with van der Waals surface area (Å²) >= 11 is 0. The van der Waals surface area contributed by atoms with Crippen LogP contribution in [0.1, 0.15) is 32.1 Å². The molecule has 1 saturated heterocycles. The third-order valence-electron chi connectivity index (χ3n) is 4.53. The van der Waals surface area contributed by atoms with E-state index in [0.29, 0.717) is 18.4 Å². The molecule has 1 aliphatic carbocycles. The van der Waals surface area contributed by atoms with Crippen LogP contribution in [0.15, 0.2) is 12.7 Å². The first kappa shape index (κ1) is 14.5. The zero-order valence-electron chi connectivity index (χ0n) is 12.0. The Balaban J connectivity index is 2.09. The van der Waals surface area contributed by atoms with Crippen LogP contribution in [0.5, 0.6) is 0 Å². The van der Waals surface area contributed by atoms with E-state index in [1.165, 1.54) is 32.1 Å². The molecule has 0 aromatic heterocycles. The standard InChI is InChI=1S/C15H26N2O2/c1-3-9-19-17(12-18)15-11-16(2)10-13-7-5-4-6-8-14(13)15/h3,12-15H,1,4-11H2,2H3/t13?,14?,15-/m0/s1. The number of hydrogen-bond donors (Lipinski definition) is 0. The van der Waals surface area contributed by atoms with Gasteiger partial charge >= 0.3 is 0 Å². The number of hydroxylamine groups is 2. The predicted molar refractivity (Wildman–Crippen MR) is 75.4 cm³/mol. The van der Waals surface area contributed by atoms with Crippen LogP contribution >= 0.6 is 0 Å². The maximum Gasteiger partial charge on any atom is 0.233 e. The first-order valence-electron chi connectivity index (χ1n) is 7.42. The summed E-state index contributed by atoms with van der Waals surface area (Å²) in [6, 6.07) is 0.194. The summed E-state index contributed by atoms with van der Waals surface area (Å²) in [5, 5.41) is 1.54. The van der Waals surface area contributed by atoms with Crippen LogP contribution in [0.25, 0.3) is 0 Å². The Morgan fingerprint density at radius 3 is 2.84 bits per heavy atom. The number of carbonyl (C=O) groups is 1. The number of hydrogen-bond acceptors (Lipinski definition) is 3. The Kier molecular flexibility index (Phi) is 5.40. The van der Waals surface area contributed by atoms with Gasteiger partial charge in [-0.25, -0.2) is 5.06 Å². The second kappa shape index (κ2) is 7.06. The van der Waals surface area contributed by atoms with Crippen molar-refractivity contribution in [1.82, 2.24) is 9.96 Å². The maximum absolute atomic E-state index is 11.3. The summed E-state index contributed by atoms with van der Waals surface area (Å²) in [5.41, 5.74) is 0. The van der Waals surface area contributed by atoms with E-state index in [2.05, 4.69) is 18.5 Å². The molecule has 1 saturated carbocycles. The smallest absolute Gasteiger partial charge is 0.233 e. The van der Waals surface area contributed by atoms with Gasteiger partial charge in [0.25, 0.3) is 0 Å². The lowest BCUT2D eigenvalue weighted by Gasteiger charge is -2.44. The molecule has 0 radical (unpaired) electrons. The van der Waals surface area contributed by atoms with Crippen molar-refractivity contribution in [2.24, 2.45) is 11.8 Å². The third-order valence-corrected chi connectivity index (χ3v) is 4.53. The van der Waals surface area contributed by atoms with Crippen molar-refractivity contribution in [3.63, 3.8) is 0 Å². The lowest BCUT2D eigenvalue weighted by molar-refractivity contribution is -0.197. The molecule has 19 heavy (non-hydrogen) atoms. The van der Waals surface area contributed by atoms with Crippen molar-refractivity contribution in [1.29, 1.82) is 0 Å². The quantitative estimate of drug-likeness (QED) is 0.434. The normalized spacial score (nSPS) is 32.2. The number of amides is 1. The molecular weight excluding hydrogens is 240 g/mol. The van der Waals surface area contributed by atoms with Crippen LogP contribution in [-0.4, -0.2) is 49.2 Å². The van der Waals surface area contributed by atoms with E-state index in [9.17, 15) is 4.79 Å². The number of rotatable bonds is 5. The minimum Gasteiger partial charge on any atom is -0.304 e. The highest BCUT2D eigenvalue weighted by molar-refractivity contribution is 5.46. The van der Waals surface area contributed by atoms with Crippen molar-refractivity contribution < 1.29 is 9.63 Å². The van der Waals surface area contributed by atoms with Gasteiger partial charge in [-0.2, -0.15) is 0 Å². The first-order chi connectivity index (χ1) is 9.26. The summed E-state index contributed by atoms with van der Waals surface area (Å²) in [6.07, 6.45) is 9.00. The zero-order chi connectivity index (χ0) is 13.7. The van der Waals surface area contributed by atoms with Gasteiger partial charge in [-0.15, -0.1) is 6.58 Å². The van der Waals surface area contributed by atoms with E-state index in [-0.39, 0.29) is 6.04 Å². The highest BCUT2D eigenvalue weighted by Crippen LogP contribution is 2.36. The Bertz CT molecular complexity index is 309. The molecule has 1 amide bonds. The number of piperidine rings is 1. The molecule has 2 fully saturated rings. The Hall–Kier alpha value is -0.870. The van der Waals surface area contributed by atoms with E-state index < -0.39 is 0 Å². The lowest BCUT2D eigenvalue weighted by Crippen LogP contribution is -2.54. The van der Waals surface area contributed by atoms with E-state index in [4.69, 9.17) is 4.84 Å². The molecule has 4 nitrogen and oxygen atoms in total. The number of likely N-dealkylation sites (N-methyl/N-ethyl adjacent to an activating group) is 1. The van der Waals surface area contributed by atoms with E-state index in [0.717, 1.165) is 19.5 Å². The largest absolute Gasteiger partial charge is 0.304 e. The molecule has 3 atom stereocenters. The average Bonchev–Trinajstić information content (AvgIpc) is 2.64. The molecule has 0 N–H and O–H groups in total. The van der Waals surface area contributed by atoms with Gasteiger partial charge in [-0.3, -0.25) is 9.63 Å². The van der Waals surface area contributed by atoms with Crippen LogP contribution in [-0.2, 0) is 9.63 Å². The van der Waals surface area contributed by atoms with Crippen LogP contribution in [0.2, 0.25) is 0 Å². The summed E-state index contributed by atoms with van der Waals surface area (Å²) in [6.45, 7) is 6.12. The van der Waals surface area contributed by atoms with Gasteiger partial charge in [0.1, 0.15) is 0 Å². The van der Waals surface area contributed by atoms with Gasteiger partial charge in [0.2, 0.25) is 6.41 Å². The predicted octanol–water partition coefficient (Wildman–Crippen LogP) is 2.07. The third kappa shape index (κ3) is 3.57. The highest BCUT2D eigenvalue weighted by atomic mass is 16.7. The molecule has 2 rings (SSSR count). The van der Waals surface area contributed by atoms with E-state index in [1.807, 2.05) is 0 Å². The van der Waals surface area contributed by atoms with Gasteiger partial charge in [0.15, 0.2) is 0 Å². The Morgan fingerprint density at radius 2 is 2.11 bits per heavy atom. The fourth-order valence-electron chi connectivity index (χ4n) is 3.69. The second-order valence-electron chi connectivity index (χ2n) is 5.90. The summed E-state index contributed by atoms with van der Waals surface area (Å²) < 4.78 is 0. The molecule has 0 bridgehead atoms. The average molecular weight is 266 g/mol. The number of nitrogens with zero attached hydrogens (tertiary/aromatic N) is 2. The van der Waals surface area contributed by atoms with Crippen molar-refractivity contribution >= 4 is 6.41 Å². The molecule has 2 aliphatic rings. The summed E-state index contributed by atoms with van der Waals surface area (Å²) in [5.74, 6) is 1.30. The molecule has 1 heterocycles. The van der Waals surface area contributed by atoms with Gasteiger partial charge in [-0.05, 0) is 31.7 Å². The highest BCUT2D eigenvalue weighted by Gasteiger charge is 2.39. The van der Waals surface area contributed by atoms with Gasteiger partial charge in [-0.1, -0.05) is 25.3 Å². The van der Waals surface area contributed by atoms with E-state index >= 15 is 0 Å². The Morgan fingerprint density at radius 1 is 1.32 bits per heavy atom. The molecular formula is C15H26N2O2. The fraction of sp³-hybridized carbons (Fsp3) is 0.800. The number of likely N-dealkylation sites (tertiary alicyclic amines) is 1. The van der Waals surface area contributed by atoms with Crippen LogP contribution in [0.3, 0.4) is 0 Å². The Labute approximate surface area is 116 Å². The van der Waals surface area contributed by atoms with Gasteiger partial charge < -0.3 is 4.90 Å². The minimum absolute atomic E-state index is 0.194. The van der Waals surface area contributed by atoms with Crippen molar-refractivity contribution in [2.75, 3.05) is 26.7 Å². The number of carbonyl (C=O) groups excluding carboxylic acids is 1. The topological polar surface area (TPSA) is 32.8 Å². The molecule has 108 valence electrons. The van der Waals surface area contributed by atoms with E-state index in [1.54, 1.807) is 11.1 Å².